The van der Waals surface area contributed by atoms with Gasteiger partial charge in [-0.05, 0) is 29.7 Å². The lowest BCUT2D eigenvalue weighted by atomic mass is 10.1. The first-order valence-electron chi connectivity index (χ1n) is 5.78. The van der Waals surface area contributed by atoms with E-state index in [-0.39, 0.29) is 5.75 Å². The molecular formula is C16H14O2. The zero-order chi connectivity index (χ0) is 12.8. The number of hydrogen-bond donors (Lipinski definition) is 1. The first-order valence-corrected chi connectivity index (χ1v) is 5.78. The molecule has 2 nitrogen and oxygen atoms in total. The Bertz CT molecular complexity index is 557. The van der Waals surface area contributed by atoms with E-state index in [0.717, 1.165) is 17.5 Å². The molecule has 0 aliphatic carbocycles. The van der Waals surface area contributed by atoms with Crippen LogP contribution in [0.15, 0.2) is 54.6 Å². The molecule has 90 valence electrons. The molecule has 0 aromatic heterocycles. The lowest BCUT2D eigenvalue weighted by Crippen LogP contribution is -1.86. The highest BCUT2D eigenvalue weighted by Gasteiger charge is 2.00. The predicted molar refractivity (Wildman–Crippen MR) is 72.7 cm³/mol. The molecule has 2 rings (SSSR count). The van der Waals surface area contributed by atoms with E-state index >= 15 is 0 Å². The van der Waals surface area contributed by atoms with Gasteiger partial charge in [0.25, 0.3) is 0 Å². The summed E-state index contributed by atoms with van der Waals surface area (Å²) in [6.07, 6.45) is 5.47. The summed E-state index contributed by atoms with van der Waals surface area (Å²) in [6.45, 7) is 0. The fraction of sp³-hybridized carbons (Fsp3) is 0.0625. The van der Waals surface area contributed by atoms with Crippen molar-refractivity contribution in [3.63, 3.8) is 0 Å². The van der Waals surface area contributed by atoms with E-state index in [4.69, 9.17) is 0 Å². The topological polar surface area (TPSA) is 37.3 Å². The van der Waals surface area contributed by atoms with Crippen molar-refractivity contribution in [1.29, 1.82) is 0 Å². The van der Waals surface area contributed by atoms with Crippen LogP contribution < -0.4 is 0 Å². The quantitative estimate of drug-likeness (QED) is 0.828. The standard InChI is InChI=1S/C16H14O2/c17-12-15-11-14(9-10-16(15)18)8-4-7-13-5-2-1-3-6-13/h1-7,9-12,18H,8H2. The number of carbonyl (C=O) groups excluding carboxylic acids is 1. The van der Waals surface area contributed by atoms with Gasteiger partial charge >= 0.3 is 0 Å². The van der Waals surface area contributed by atoms with E-state index in [1.54, 1.807) is 12.1 Å². The minimum atomic E-state index is 0.0285. The van der Waals surface area contributed by atoms with Gasteiger partial charge in [0, 0.05) is 0 Å². The van der Waals surface area contributed by atoms with Crippen LogP contribution in [0.4, 0.5) is 0 Å². The summed E-state index contributed by atoms with van der Waals surface area (Å²) in [5.41, 5.74) is 2.48. The number of aromatic hydroxyl groups is 1. The van der Waals surface area contributed by atoms with Crippen LogP contribution in [0.1, 0.15) is 21.5 Å². The van der Waals surface area contributed by atoms with Crippen molar-refractivity contribution in [2.75, 3.05) is 0 Å². The SMILES string of the molecule is O=Cc1cc(CC=Cc2ccccc2)ccc1O. The zero-order valence-corrected chi connectivity index (χ0v) is 9.91. The van der Waals surface area contributed by atoms with E-state index in [1.165, 1.54) is 0 Å². The van der Waals surface area contributed by atoms with Gasteiger partial charge in [0.05, 0.1) is 5.56 Å². The average Bonchev–Trinajstić information content (AvgIpc) is 2.42. The second-order valence-electron chi connectivity index (χ2n) is 4.03. The number of benzene rings is 2. The van der Waals surface area contributed by atoms with Gasteiger partial charge in [-0.3, -0.25) is 4.79 Å². The van der Waals surface area contributed by atoms with E-state index in [2.05, 4.69) is 0 Å². The molecule has 2 heteroatoms. The highest BCUT2D eigenvalue weighted by Crippen LogP contribution is 2.17. The summed E-state index contributed by atoms with van der Waals surface area (Å²) in [4.78, 5) is 10.7. The largest absolute Gasteiger partial charge is 0.507 e. The third-order valence-corrected chi connectivity index (χ3v) is 2.68. The Hall–Kier alpha value is -2.35. The number of phenols is 1. The Morgan fingerprint density at radius 1 is 1.06 bits per heavy atom. The predicted octanol–water partition coefficient (Wildman–Crippen LogP) is 3.46. The van der Waals surface area contributed by atoms with Crippen molar-refractivity contribution < 1.29 is 9.90 Å². The summed E-state index contributed by atoms with van der Waals surface area (Å²) in [5, 5.41) is 9.39. The van der Waals surface area contributed by atoms with E-state index < -0.39 is 0 Å². The number of aldehydes is 1. The van der Waals surface area contributed by atoms with Crippen LogP contribution in [0.3, 0.4) is 0 Å². The average molecular weight is 238 g/mol. The summed E-state index contributed by atoms with van der Waals surface area (Å²) >= 11 is 0. The van der Waals surface area contributed by atoms with Crippen LogP contribution in [0.2, 0.25) is 0 Å². The van der Waals surface area contributed by atoms with Crippen LogP contribution in [-0.4, -0.2) is 11.4 Å². The second kappa shape index (κ2) is 5.82. The Balaban J connectivity index is 2.06. The van der Waals surface area contributed by atoms with Gasteiger partial charge in [0.1, 0.15) is 5.75 Å². The second-order valence-corrected chi connectivity index (χ2v) is 4.03. The fourth-order valence-corrected chi connectivity index (χ4v) is 1.72. The van der Waals surface area contributed by atoms with Crippen LogP contribution in [0, 0.1) is 0 Å². The number of carbonyl (C=O) groups is 1. The molecule has 0 saturated heterocycles. The highest BCUT2D eigenvalue weighted by molar-refractivity contribution is 5.79. The Morgan fingerprint density at radius 2 is 1.83 bits per heavy atom. The van der Waals surface area contributed by atoms with Crippen LogP contribution in [0.5, 0.6) is 5.75 Å². The van der Waals surface area contributed by atoms with E-state index in [0.29, 0.717) is 11.8 Å². The summed E-state index contributed by atoms with van der Waals surface area (Å²) in [6, 6.07) is 15.1. The number of rotatable bonds is 4. The first kappa shape index (κ1) is 12.1. The Kier molecular flexibility index (Phi) is 3.92. The maximum Gasteiger partial charge on any atom is 0.153 e. The lowest BCUT2D eigenvalue weighted by molar-refractivity contribution is 0.112. The molecule has 0 aliphatic heterocycles. The van der Waals surface area contributed by atoms with E-state index in [9.17, 15) is 9.90 Å². The van der Waals surface area contributed by atoms with Gasteiger partial charge in [0.2, 0.25) is 0 Å². The van der Waals surface area contributed by atoms with Crippen molar-refractivity contribution in [3.05, 3.63) is 71.3 Å². The molecule has 0 unspecified atom stereocenters. The molecule has 0 aliphatic rings. The molecule has 0 saturated carbocycles. The smallest absolute Gasteiger partial charge is 0.153 e. The monoisotopic (exact) mass is 238 g/mol. The number of allylic oxidation sites excluding steroid dienone is 1. The molecule has 18 heavy (non-hydrogen) atoms. The molecule has 0 heterocycles. The first-order chi connectivity index (χ1) is 8.79. The van der Waals surface area contributed by atoms with Gasteiger partial charge in [-0.25, -0.2) is 0 Å². The van der Waals surface area contributed by atoms with Gasteiger partial charge in [-0.1, -0.05) is 48.6 Å². The Morgan fingerprint density at radius 3 is 2.56 bits per heavy atom. The van der Waals surface area contributed by atoms with Gasteiger partial charge < -0.3 is 5.11 Å². The third-order valence-electron chi connectivity index (χ3n) is 2.68. The number of hydrogen-bond acceptors (Lipinski definition) is 2. The van der Waals surface area contributed by atoms with Crippen LogP contribution in [0.25, 0.3) is 6.08 Å². The van der Waals surface area contributed by atoms with Gasteiger partial charge in [-0.2, -0.15) is 0 Å². The molecular weight excluding hydrogens is 224 g/mol. The van der Waals surface area contributed by atoms with Crippen molar-refractivity contribution in [2.45, 2.75) is 6.42 Å². The molecule has 1 N–H and O–H groups in total. The summed E-state index contributed by atoms with van der Waals surface area (Å²) < 4.78 is 0. The Labute approximate surface area is 106 Å². The fourth-order valence-electron chi connectivity index (χ4n) is 1.72. The molecule has 0 bridgehead atoms. The van der Waals surface area contributed by atoms with Crippen LogP contribution >= 0.6 is 0 Å². The molecule has 0 amide bonds. The summed E-state index contributed by atoms with van der Waals surface area (Å²) in [7, 11) is 0. The van der Waals surface area contributed by atoms with Crippen molar-refractivity contribution in [3.8, 4) is 5.75 Å². The highest BCUT2D eigenvalue weighted by atomic mass is 16.3. The minimum Gasteiger partial charge on any atom is -0.507 e. The van der Waals surface area contributed by atoms with Crippen molar-refractivity contribution in [1.82, 2.24) is 0 Å². The number of phenolic OH excluding ortho intramolecular Hbond substituents is 1. The lowest BCUT2D eigenvalue weighted by Gasteiger charge is -2.00. The normalized spacial score (nSPS) is 10.7. The molecule has 2 aromatic carbocycles. The van der Waals surface area contributed by atoms with E-state index in [1.807, 2.05) is 48.6 Å². The molecule has 2 aromatic rings. The maximum absolute atomic E-state index is 10.7. The molecule has 0 spiro atoms. The minimum absolute atomic E-state index is 0.0285. The zero-order valence-electron chi connectivity index (χ0n) is 9.91. The molecule has 0 fully saturated rings. The van der Waals surface area contributed by atoms with Crippen LogP contribution in [-0.2, 0) is 6.42 Å². The summed E-state index contributed by atoms with van der Waals surface area (Å²) in [5.74, 6) is 0.0285. The van der Waals surface area contributed by atoms with Gasteiger partial charge in [-0.15, -0.1) is 0 Å². The van der Waals surface area contributed by atoms with Crippen molar-refractivity contribution in [2.24, 2.45) is 0 Å². The van der Waals surface area contributed by atoms with Crippen molar-refractivity contribution >= 4 is 12.4 Å². The molecule has 0 atom stereocenters. The third kappa shape index (κ3) is 3.08. The maximum atomic E-state index is 10.7. The van der Waals surface area contributed by atoms with Gasteiger partial charge in [0.15, 0.2) is 6.29 Å². The molecule has 0 radical (unpaired) electrons.